The van der Waals surface area contributed by atoms with Crippen molar-refractivity contribution >= 4 is 23.0 Å². The average molecular weight is 280 g/mol. The van der Waals surface area contributed by atoms with Gasteiger partial charge >= 0.3 is 0 Å². The van der Waals surface area contributed by atoms with Crippen LogP contribution in [0.2, 0.25) is 0 Å². The van der Waals surface area contributed by atoms with E-state index in [0.717, 1.165) is 12.1 Å². The van der Waals surface area contributed by atoms with Gasteiger partial charge in [0.2, 0.25) is 0 Å². The summed E-state index contributed by atoms with van der Waals surface area (Å²) in [5, 5.41) is 32.7. The zero-order valence-corrected chi connectivity index (χ0v) is 10.2. The quantitative estimate of drug-likeness (QED) is 0.569. The van der Waals surface area contributed by atoms with Crippen molar-refractivity contribution in [2.24, 2.45) is 0 Å². The first-order chi connectivity index (χ1) is 9.41. The summed E-state index contributed by atoms with van der Waals surface area (Å²) >= 11 is 0. The van der Waals surface area contributed by atoms with E-state index >= 15 is 0 Å². The first-order valence-electron chi connectivity index (χ1n) is 5.82. The molecule has 106 valence electrons. The molecule has 1 aromatic carbocycles. The second-order valence-corrected chi connectivity index (χ2v) is 4.36. The molecule has 20 heavy (non-hydrogen) atoms. The van der Waals surface area contributed by atoms with Gasteiger partial charge in [0, 0.05) is 12.6 Å². The molecule has 0 aromatic heterocycles. The number of nitro benzene ring substituents is 2. The van der Waals surface area contributed by atoms with E-state index in [4.69, 9.17) is 0 Å². The van der Waals surface area contributed by atoms with Crippen molar-refractivity contribution in [3.8, 4) is 0 Å². The number of anilines is 1. The van der Waals surface area contributed by atoms with Crippen LogP contribution in [0, 0.1) is 20.2 Å². The summed E-state index contributed by atoms with van der Waals surface area (Å²) < 4.78 is 0. The molecule has 9 heteroatoms. The number of nitrogens with zero attached hydrogens (tertiary/aromatic N) is 3. The maximum atomic E-state index is 11.0. The Kier molecular flexibility index (Phi) is 3.51. The number of nitro groups is 2. The van der Waals surface area contributed by atoms with Crippen LogP contribution in [-0.4, -0.2) is 28.4 Å². The van der Waals surface area contributed by atoms with Crippen LogP contribution in [0.3, 0.4) is 0 Å². The number of carboxylic acid groups (broad SMARTS) is 1. The highest BCUT2D eigenvalue weighted by molar-refractivity contribution is 5.80. The van der Waals surface area contributed by atoms with Crippen LogP contribution < -0.4 is 10.0 Å². The smallest absolute Gasteiger partial charge is 0.299 e. The summed E-state index contributed by atoms with van der Waals surface area (Å²) in [7, 11) is 0. The topological polar surface area (TPSA) is 130 Å². The van der Waals surface area contributed by atoms with E-state index in [0.29, 0.717) is 19.4 Å². The Morgan fingerprint density at radius 1 is 1.25 bits per heavy atom. The van der Waals surface area contributed by atoms with Crippen molar-refractivity contribution in [2.45, 2.75) is 18.9 Å². The SMILES string of the molecule is O=C([O-])C1CCCN1c1ccc([N+](=O)[O-])cc1[N+](=O)[O-]. The summed E-state index contributed by atoms with van der Waals surface area (Å²) in [5.41, 5.74) is -0.829. The lowest BCUT2D eigenvalue weighted by atomic mass is 10.2. The van der Waals surface area contributed by atoms with Crippen molar-refractivity contribution in [3.63, 3.8) is 0 Å². The third-order valence-corrected chi connectivity index (χ3v) is 3.20. The second kappa shape index (κ2) is 5.11. The summed E-state index contributed by atoms with van der Waals surface area (Å²) in [6.45, 7) is 0.331. The lowest BCUT2D eigenvalue weighted by Gasteiger charge is -2.26. The fraction of sp³-hybridized carbons (Fsp3) is 0.364. The number of hydrogen-bond donors (Lipinski definition) is 0. The molecule has 1 aliphatic heterocycles. The van der Waals surface area contributed by atoms with Crippen molar-refractivity contribution in [1.29, 1.82) is 0 Å². The molecule has 0 bridgehead atoms. The molecule has 0 aliphatic carbocycles. The number of carbonyl (C=O) groups is 1. The number of non-ortho nitro benzene ring substituents is 1. The molecule has 1 atom stereocenters. The molecule has 0 N–H and O–H groups in total. The minimum Gasteiger partial charge on any atom is -0.548 e. The monoisotopic (exact) mass is 280 g/mol. The Morgan fingerprint density at radius 2 is 1.95 bits per heavy atom. The van der Waals surface area contributed by atoms with Crippen molar-refractivity contribution < 1.29 is 19.7 Å². The molecular weight excluding hydrogens is 270 g/mol. The van der Waals surface area contributed by atoms with Crippen molar-refractivity contribution in [1.82, 2.24) is 0 Å². The first kappa shape index (κ1) is 13.7. The number of hydrogen-bond acceptors (Lipinski definition) is 7. The van der Waals surface area contributed by atoms with Gasteiger partial charge in [-0.15, -0.1) is 0 Å². The van der Waals surface area contributed by atoms with Crippen molar-refractivity contribution in [2.75, 3.05) is 11.4 Å². The van der Waals surface area contributed by atoms with E-state index < -0.39 is 33.2 Å². The van der Waals surface area contributed by atoms with Gasteiger partial charge in [0.1, 0.15) is 5.69 Å². The molecule has 1 saturated heterocycles. The molecule has 1 heterocycles. The van der Waals surface area contributed by atoms with Gasteiger partial charge in [-0.25, -0.2) is 0 Å². The summed E-state index contributed by atoms with van der Waals surface area (Å²) in [4.78, 5) is 32.5. The fourth-order valence-electron chi connectivity index (χ4n) is 2.31. The number of aliphatic carboxylic acids is 1. The lowest BCUT2D eigenvalue weighted by molar-refractivity contribution is -0.393. The second-order valence-electron chi connectivity index (χ2n) is 4.36. The maximum Gasteiger partial charge on any atom is 0.299 e. The van der Waals surface area contributed by atoms with E-state index in [1.54, 1.807) is 0 Å². The fourth-order valence-corrected chi connectivity index (χ4v) is 2.31. The summed E-state index contributed by atoms with van der Waals surface area (Å²) in [6.07, 6.45) is 0.892. The van der Waals surface area contributed by atoms with E-state index in [9.17, 15) is 30.1 Å². The molecule has 0 saturated carbocycles. The highest BCUT2D eigenvalue weighted by Crippen LogP contribution is 2.35. The highest BCUT2D eigenvalue weighted by Gasteiger charge is 2.31. The molecule has 9 nitrogen and oxygen atoms in total. The third-order valence-electron chi connectivity index (χ3n) is 3.20. The van der Waals surface area contributed by atoms with Crippen LogP contribution in [0.1, 0.15) is 12.8 Å². The Balaban J connectivity index is 2.48. The van der Waals surface area contributed by atoms with Crippen LogP contribution in [0.15, 0.2) is 18.2 Å². The molecular formula is C11H10N3O6-. The predicted molar refractivity (Wildman–Crippen MR) is 65.1 cm³/mol. The number of rotatable bonds is 4. The van der Waals surface area contributed by atoms with E-state index in [-0.39, 0.29) is 5.69 Å². The zero-order valence-electron chi connectivity index (χ0n) is 10.2. The minimum absolute atomic E-state index is 0.0623. The van der Waals surface area contributed by atoms with Gasteiger partial charge in [0.15, 0.2) is 0 Å². The van der Waals surface area contributed by atoms with E-state index in [2.05, 4.69) is 0 Å². The van der Waals surface area contributed by atoms with Crippen LogP contribution in [0.4, 0.5) is 17.1 Å². The zero-order chi connectivity index (χ0) is 14.9. The molecule has 2 rings (SSSR count). The van der Waals surface area contributed by atoms with Crippen LogP contribution >= 0.6 is 0 Å². The van der Waals surface area contributed by atoms with Gasteiger partial charge in [0.05, 0.1) is 27.9 Å². The standard InChI is InChI=1S/C11H11N3O6/c15-11(16)9-2-1-5-12(9)8-4-3-7(13(17)18)6-10(8)14(19)20/h3-4,6,9H,1-2,5H2,(H,15,16)/p-1. The van der Waals surface area contributed by atoms with E-state index in [1.807, 2.05) is 0 Å². The van der Waals surface area contributed by atoms with Crippen molar-refractivity contribution in [3.05, 3.63) is 38.4 Å². The van der Waals surface area contributed by atoms with Crippen LogP contribution in [0.5, 0.6) is 0 Å². The van der Waals surface area contributed by atoms with Gasteiger partial charge in [0.25, 0.3) is 11.4 Å². The van der Waals surface area contributed by atoms with Gasteiger partial charge in [-0.2, -0.15) is 0 Å². The minimum atomic E-state index is -1.31. The third kappa shape index (κ3) is 2.37. The lowest BCUT2D eigenvalue weighted by Crippen LogP contribution is -2.44. The largest absolute Gasteiger partial charge is 0.548 e. The number of carboxylic acids is 1. The Bertz CT molecular complexity index is 588. The average Bonchev–Trinajstić information content (AvgIpc) is 2.86. The molecule has 0 radical (unpaired) electrons. The first-order valence-corrected chi connectivity index (χ1v) is 5.82. The number of carbonyl (C=O) groups excluding carboxylic acids is 1. The van der Waals surface area contributed by atoms with Crippen LogP contribution in [-0.2, 0) is 4.79 Å². The van der Waals surface area contributed by atoms with Gasteiger partial charge in [-0.3, -0.25) is 20.2 Å². The Morgan fingerprint density at radius 3 is 2.50 bits per heavy atom. The van der Waals surface area contributed by atoms with Crippen LogP contribution in [0.25, 0.3) is 0 Å². The maximum absolute atomic E-state index is 11.0. The van der Waals surface area contributed by atoms with Gasteiger partial charge in [-0.1, -0.05) is 0 Å². The summed E-state index contributed by atoms with van der Waals surface area (Å²) in [6, 6.07) is 2.21. The summed E-state index contributed by atoms with van der Waals surface area (Å²) in [5.74, 6) is -1.31. The molecule has 0 amide bonds. The van der Waals surface area contributed by atoms with E-state index in [1.165, 1.54) is 11.0 Å². The predicted octanol–water partition coefficient (Wildman–Crippen LogP) is 0.222. The molecule has 1 fully saturated rings. The normalized spacial score (nSPS) is 18.0. The molecule has 0 spiro atoms. The van der Waals surface area contributed by atoms with Gasteiger partial charge in [-0.05, 0) is 18.9 Å². The van der Waals surface area contributed by atoms with Gasteiger partial charge < -0.3 is 14.8 Å². The molecule has 1 unspecified atom stereocenters. The number of benzene rings is 1. The highest BCUT2D eigenvalue weighted by atomic mass is 16.6. The molecule has 1 aliphatic rings. The Labute approximate surface area is 112 Å². The Hall–Kier alpha value is -2.71. The molecule has 1 aromatic rings.